The van der Waals surface area contributed by atoms with Gasteiger partial charge in [0.1, 0.15) is 0 Å². The number of aryl methyl sites for hydroxylation is 1. The fraction of sp³-hybridized carbons (Fsp3) is 0.200. The summed E-state index contributed by atoms with van der Waals surface area (Å²) in [7, 11) is 1.33. The molecule has 0 fully saturated rings. The van der Waals surface area contributed by atoms with E-state index >= 15 is 0 Å². The van der Waals surface area contributed by atoms with E-state index in [1.54, 1.807) is 0 Å². The maximum atomic E-state index is 12.5. The van der Waals surface area contributed by atoms with Crippen molar-refractivity contribution in [3.05, 3.63) is 95.6 Å². The summed E-state index contributed by atoms with van der Waals surface area (Å²) in [4.78, 5) is 17.2. The molecule has 29 heavy (non-hydrogen) atoms. The molecule has 0 unspecified atom stereocenters. The number of ether oxygens (including phenoxy) is 1. The molecular weight excluding hydrogens is 362 g/mol. The summed E-state index contributed by atoms with van der Waals surface area (Å²) in [6.45, 7) is 0. The molecule has 1 N–H and O–H groups in total. The average Bonchev–Trinajstić information content (AvgIpc) is 3.10. The monoisotopic (exact) mass is 385 g/mol. The van der Waals surface area contributed by atoms with Crippen LogP contribution in [-0.2, 0) is 16.0 Å². The number of fused-ring (bicyclic) bond motifs is 3. The van der Waals surface area contributed by atoms with E-state index in [4.69, 9.17) is 9.73 Å². The second-order valence-electron chi connectivity index (χ2n) is 7.13. The summed E-state index contributed by atoms with van der Waals surface area (Å²) in [5.41, 5.74) is 5.95. The predicted molar refractivity (Wildman–Crippen MR) is 114 cm³/mol. The van der Waals surface area contributed by atoms with Crippen LogP contribution in [0, 0.1) is 0 Å². The van der Waals surface area contributed by atoms with Gasteiger partial charge in [-0.1, -0.05) is 78.9 Å². The molecule has 0 heterocycles. The van der Waals surface area contributed by atoms with Gasteiger partial charge >= 0.3 is 5.97 Å². The molecule has 0 bridgehead atoms. The van der Waals surface area contributed by atoms with Crippen LogP contribution in [0.4, 0.5) is 0 Å². The number of benzene rings is 3. The number of aliphatic hydroxyl groups excluding tert-OH is 1. The Morgan fingerprint density at radius 1 is 0.862 bits per heavy atom. The van der Waals surface area contributed by atoms with Crippen molar-refractivity contribution in [3.8, 4) is 11.1 Å². The molecule has 2 atom stereocenters. The quantitative estimate of drug-likeness (QED) is 0.510. The lowest BCUT2D eigenvalue weighted by molar-refractivity contribution is -0.144. The SMILES string of the molecule is COC(=O)[C@@H](N=C1c2ccccc2-c2ccccc21)[C@@H](O)CCc1ccccc1. The molecule has 0 saturated heterocycles. The minimum Gasteiger partial charge on any atom is -0.467 e. The molecule has 146 valence electrons. The fourth-order valence-corrected chi connectivity index (χ4v) is 3.81. The molecule has 0 radical (unpaired) electrons. The molecule has 4 nitrogen and oxygen atoms in total. The maximum absolute atomic E-state index is 12.5. The minimum absolute atomic E-state index is 0.420. The summed E-state index contributed by atoms with van der Waals surface area (Å²) in [6.07, 6.45) is 0.146. The van der Waals surface area contributed by atoms with E-state index < -0.39 is 18.1 Å². The third-order valence-corrected chi connectivity index (χ3v) is 5.30. The predicted octanol–water partition coefficient (Wildman–Crippen LogP) is 4.04. The normalized spacial score (nSPS) is 13.9. The van der Waals surface area contributed by atoms with Crippen molar-refractivity contribution in [2.24, 2.45) is 4.99 Å². The fourth-order valence-electron chi connectivity index (χ4n) is 3.81. The van der Waals surface area contributed by atoms with Gasteiger partial charge in [0, 0.05) is 11.1 Å². The van der Waals surface area contributed by atoms with Crippen molar-refractivity contribution >= 4 is 11.7 Å². The van der Waals surface area contributed by atoms with Gasteiger partial charge in [-0.25, -0.2) is 4.79 Å². The lowest BCUT2D eigenvalue weighted by Crippen LogP contribution is -2.35. The third kappa shape index (κ3) is 3.84. The van der Waals surface area contributed by atoms with Crippen LogP contribution in [0.15, 0.2) is 83.9 Å². The second kappa shape index (κ2) is 8.41. The van der Waals surface area contributed by atoms with Crippen molar-refractivity contribution < 1.29 is 14.6 Å². The number of rotatable bonds is 6. The molecule has 1 aliphatic rings. The van der Waals surface area contributed by atoms with Gasteiger partial charge in [0.05, 0.1) is 18.9 Å². The van der Waals surface area contributed by atoms with Gasteiger partial charge in [0.2, 0.25) is 0 Å². The van der Waals surface area contributed by atoms with Crippen molar-refractivity contribution in [1.29, 1.82) is 0 Å². The highest BCUT2D eigenvalue weighted by atomic mass is 16.5. The zero-order valence-electron chi connectivity index (χ0n) is 16.3. The number of nitrogens with zero attached hydrogens (tertiary/aromatic N) is 1. The van der Waals surface area contributed by atoms with Crippen molar-refractivity contribution in [2.75, 3.05) is 7.11 Å². The van der Waals surface area contributed by atoms with Gasteiger partial charge < -0.3 is 9.84 Å². The second-order valence-corrected chi connectivity index (χ2v) is 7.13. The van der Waals surface area contributed by atoms with Crippen molar-refractivity contribution in [2.45, 2.75) is 25.0 Å². The minimum atomic E-state index is -0.974. The third-order valence-electron chi connectivity index (χ3n) is 5.30. The van der Waals surface area contributed by atoms with Gasteiger partial charge in [-0.3, -0.25) is 4.99 Å². The Morgan fingerprint density at radius 2 is 1.38 bits per heavy atom. The van der Waals surface area contributed by atoms with Crippen LogP contribution in [-0.4, -0.2) is 36.0 Å². The Kier molecular flexibility index (Phi) is 5.54. The smallest absolute Gasteiger partial charge is 0.333 e. The van der Waals surface area contributed by atoms with E-state index in [0.717, 1.165) is 33.5 Å². The van der Waals surface area contributed by atoms with Crippen LogP contribution >= 0.6 is 0 Å². The van der Waals surface area contributed by atoms with E-state index in [0.29, 0.717) is 12.8 Å². The Balaban J connectivity index is 1.67. The number of hydrogen-bond acceptors (Lipinski definition) is 4. The zero-order chi connectivity index (χ0) is 20.2. The first-order valence-corrected chi connectivity index (χ1v) is 9.76. The Morgan fingerprint density at radius 3 is 1.93 bits per heavy atom. The van der Waals surface area contributed by atoms with Crippen molar-refractivity contribution in [3.63, 3.8) is 0 Å². The standard InChI is InChI=1S/C25H23NO3/c1-29-25(28)24(22(27)16-15-17-9-3-2-4-10-17)26-23-20-13-7-5-11-18(20)19-12-6-8-14-21(19)23/h2-14,22,24,27H,15-16H2,1H3/t22-,24-/m0/s1. The van der Waals surface area contributed by atoms with Crippen LogP contribution in [0.25, 0.3) is 11.1 Å². The van der Waals surface area contributed by atoms with Gasteiger partial charge in [-0.2, -0.15) is 0 Å². The largest absolute Gasteiger partial charge is 0.467 e. The van der Waals surface area contributed by atoms with Gasteiger partial charge in [0.15, 0.2) is 6.04 Å². The van der Waals surface area contributed by atoms with Crippen molar-refractivity contribution in [1.82, 2.24) is 0 Å². The number of hydrogen-bond donors (Lipinski definition) is 1. The Bertz CT molecular complexity index is 995. The Labute approximate surface area is 170 Å². The molecular formula is C25H23NO3. The van der Waals surface area contributed by atoms with E-state index in [1.807, 2.05) is 66.7 Å². The Hall–Kier alpha value is -3.24. The lowest BCUT2D eigenvalue weighted by atomic mass is 10.0. The zero-order valence-corrected chi connectivity index (χ0v) is 16.3. The van der Waals surface area contributed by atoms with Crippen LogP contribution < -0.4 is 0 Å². The molecule has 0 aromatic heterocycles. The number of esters is 1. The van der Waals surface area contributed by atoms with Crippen LogP contribution in [0.5, 0.6) is 0 Å². The molecule has 0 saturated carbocycles. The average molecular weight is 385 g/mol. The lowest BCUT2D eigenvalue weighted by Gasteiger charge is -2.18. The molecule has 1 aliphatic carbocycles. The van der Waals surface area contributed by atoms with Crippen LogP contribution in [0.3, 0.4) is 0 Å². The first-order valence-electron chi connectivity index (χ1n) is 9.76. The van der Waals surface area contributed by atoms with Gasteiger partial charge in [0.25, 0.3) is 0 Å². The number of aliphatic imine (C=N–C) groups is 1. The highest BCUT2D eigenvalue weighted by Gasteiger charge is 2.31. The summed E-state index contributed by atoms with van der Waals surface area (Å²) >= 11 is 0. The molecule has 4 heteroatoms. The van der Waals surface area contributed by atoms with E-state index in [-0.39, 0.29) is 0 Å². The molecule has 0 amide bonds. The number of carbonyl (C=O) groups excluding carboxylic acids is 1. The van der Waals surface area contributed by atoms with E-state index in [9.17, 15) is 9.90 Å². The first-order chi connectivity index (χ1) is 14.2. The topological polar surface area (TPSA) is 58.9 Å². The molecule has 0 spiro atoms. The van der Waals surface area contributed by atoms with E-state index in [2.05, 4.69) is 12.1 Å². The maximum Gasteiger partial charge on any atom is 0.333 e. The van der Waals surface area contributed by atoms with Gasteiger partial charge in [-0.15, -0.1) is 0 Å². The highest BCUT2D eigenvalue weighted by Crippen LogP contribution is 2.37. The number of methoxy groups -OCH3 is 1. The number of carbonyl (C=O) groups is 1. The summed E-state index contributed by atoms with van der Waals surface area (Å²) in [5.74, 6) is -0.528. The van der Waals surface area contributed by atoms with Gasteiger partial charge in [-0.05, 0) is 29.5 Å². The van der Waals surface area contributed by atoms with Crippen LogP contribution in [0.1, 0.15) is 23.1 Å². The summed E-state index contributed by atoms with van der Waals surface area (Å²) in [6, 6.07) is 24.9. The molecule has 0 aliphatic heterocycles. The molecule has 3 aromatic carbocycles. The van der Waals surface area contributed by atoms with Crippen LogP contribution in [0.2, 0.25) is 0 Å². The molecule has 4 rings (SSSR count). The highest BCUT2D eigenvalue weighted by molar-refractivity contribution is 6.24. The summed E-state index contributed by atoms with van der Waals surface area (Å²) < 4.78 is 4.97. The van der Waals surface area contributed by atoms with E-state index in [1.165, 1.54) is 7.11 Å². The molecule has 3 aromatic rings. The summed E-state index contributed by atoms with van der Waals surface area (Å²) in [5, 5.41) is 10.8. The number of aliphatic hydroxyl groups is 1. The first kappa shape index (κ1) is 19.1.